The molecule has 0 aromatic carbocycles. The Morgan fingerprint density at radius 2 is 0.933 bits per heavy atom. The Morgan fingerprint density at radius 1 is 0.600 bits per heavy atom. The van der Waals surface area contributed by atoms with Crippen LogP contribution in [-0.4, -0.2) is 39.3 Å². The Labute approximate surface area is 97.6 Å². The van der Waals surface area contributed by atoms with E-state index in [9.17, 15) is 0 Å². The molecule has 0 rings (SSSR count). The second-order valence-electron chi connectivity index (χ2n) is 3.49. The van der Waals surface area contributed by atoms with Crippen LogP contribution in [0.1, 0.15) is 25.7 Å². The molecule has 0 saturated carbocycles. The van der Waals surface area contributed by atoms with Crippen molar-refractivity contribution in [3.8, 4) is 0 Å². The molecule has 0 aliphatic heterocycles. The van der Waals surface area contributed by atoms with Crippen LogP contribution in [0.5, 0.6) is 0 Å². The number of rotatable bonds is 11. The topological polar surface area (TPSA) is 76.1 Å². The predicted octanol–water partition coefficient (Wildman–Crippen LogP) is -0.298. The fourth-order valence-corrected chi connectivity index (χ4v) is 1.20. The van der Waals surface area contributed by atoms with Gasteiger partial charge in [-0.3, -0.25) is 0 Å². The summed E-state index contributed by atoms with van der Waals surface area (Å²) in [4.78, 5) is 0. The molecule has 94 valence electrons. The first-order chi connectivity index (χ1) is 6.91. The number of nitrogens with one attached hydrogen (secondary N) is 2. The summed E-state index contributed by atoms with van der Waals surface area (Å²) < 4.78 is 0. The van der Waals surface area contributed by atoms with Crippen LogP contribution < -0.4 is 22.1 Å². The van der Waals surface area contributed by atoms with Gasteiger partial charge in [0.15, 0.2) is 0 Å². The molecule has 0 radical (unpaired) electrons. The Bertz CT molecular complexity index is 91.4. The largest absolute Gasteiger partial charge is 0.330 e. The highest BCUT2D eigenvalue weighted by molar-refractivity contribution is 6.92. The molecule has 0 aliphatic rings. The minimum atomic E-state index is 0. The van der Waals surface area contributed by atoms with Gasteiger partial charge in [0.1, 0.15) is 0 Å². The van der Waals surface area contributed by atoms with E-state index in [4.69, 9.17) is 11.5 Å². The minimum Gasteiger partial charge on any atom is -0.330 e. The van der Waals surface area contributed by atoms with Gasteiger partial charge in [0, 0.05) is 0 Å². The number of hydrogen-bond acceptors (Lipinski definition) is 4. The van der Waals surface area contributed by atoms with Crippen molar-refractivity contribution in [1.29, 1.82) is 0 Å². The first kappa shape index (κ1) is 17.7. The van der Waals surface area contributed by atoms with Crippen molar-refractivity contribution in [2.75, 3.05) is 39.3 Å². The number of hydrogen-bond donors (Lipinski definition) is 4. The van der Waals surface area contributed by atoms with E-state index in [1.54, 1.807) is 0 Å². The second-order valence-corrected chi connectivity index (χ2v) is 3.49. The van der Waals surface area contributed by atoms with E-state index in [1.807, 2.05) is 0 Å². The van der Waals surface area contributed by atoms with Gasteiger partial charge in [0.05, 0.1) is 0 Å². The maximum Gasteiger partial charge on any atom is -0.00369 e. The zero-order chi connectivity index (χ0) is 10.5. The van der Waals surface area contributed by atoms with Crippen molar-refractivity contribution in [1.82, 2.24) is 10.6 Å². The highest BCUT2D eigenvalue weighted by Crippen LogP contribution is 1.84. The lowest BCUT2D eigenvalue weighted by molar-refractivity contribution is 0.570. The molecule has 1 unspecified atom stereocenters. The van der Waals surface area contributed by atoms with Crippen molar-refractivity contribution >= 4 is 9.90 Å². The zero-order valence-electron chi connectivity index (χ0n) is 9.93. The second kappa shape index (κ2) is 16.7. The van der Waals surface area contributed by atoms with E-state index in [0.29, 0.717) is 0 Å². The van der Waals surface area contributed by atoms with Gasteiger partial charge in [0.25, 0.3) is 0 Å². The average molecular weight is 236 g/mol. The lowest BCUT2D eigenvalue weighted by atomic mass is 10.3. The highest BCUT2D eigenvalue weighted by Gasteiger charge is 1.89. The zero-order valence-corrected chi connectivity index (χ0v) is 11.3. The van der Waals surface area contributed by atoms with Crippen molar-refractivity contribution in [3.63, 3.8) is 0 Å². The van der Waals surface area contributed by atoms with E-state index >= 15 is 0 Å². The van der Waals surface area contributed by atoms with E-state index < -0.39 is 0 Å². The van der Waals surface area contributed by atoms with Crippen LogP contribution in [-0.2, 0) is 0 Å². The molecule has 6 N–H and O–H groups in total. The first-order valence-corrected chi connectivity index (χ1v) is 5.73. The molecule has 15 heavy (non-hydrogen) atoms. The van der Waals surface area contributed by atoms with Crippen molar-refractivity contribution in [2.45, 2.75) is 25.7 Å². The smallest absolute Gasteiger partial charge is 0.00369 e. The summed E-state index contributed by atoms with van der Waals surface area (Å²) in [5, 5.41) is 6.72. The van der Waals surface area contributed by atoms with Crippen LogP contribution in [0.25, 0.3) is 0 Å². The average Bonchev–Trinajstić information content (AvgIpc) is 2.21. The fourth-order valence-electron chi connectivity index (χ4n) is 1.20. The summed E-state index contributed by atoms with van der Waals surface area (Å²) in [5.41, 5.74) is 10.8. The monoisotopic (exact) mass is 236 g/mol. The fraction of sp³-hybridized carbons (Fsp3) is 1.00. The van der Waals surface area contributed by atoms with Crippen molar-refractivity contribution < 1.29 is 0 Å². The molecule has 0 aromatic heterocycles. The Morgan fingerprint density at radius 3 is 1.27 bits per heavy atom. The molecule has 1 atom stereocenters. The third-order valence-corrected chi connectivity index (χ3v) is 2.07. The predicted molar refractivity (Wildman–Crippen MR) is 73.4 cm³/mol. The molecule has 0 amide bonds. The Hall–Kier alpha value is 0.270. The molecule has 4 nitrogen and oxygen atoms in total. The molecule has 0 heterocycles. The quantitative estimate of drug-likeness (QED) is 0.293. The van der Waals surface area contributed by atoms with E-state index in [2.05, 4.69) is 10.6 Å². The highest BCUT2D eigenvalue weighted by atomic mass is 31.0. The van der Waals surface area contributed by atoms with E-state index in [-0.39, 0.29) is 9.90 Å². The molecule has 5 heteroatoms. The van der Waals surface area contributed by atoms with Gasteiger partial charge in [-0.1, -0.05) is 0 Å². The summed E-state index contributed by atoms with van der Waals surface area (Å²) in [6, 6.07) is 0. The Kier molecular flexibility index (Phi) is 19.6. The van der Waals surface area contributed by atoms with Crippen molar-refractivity contribution in [2.24, 2.45) is 11.5 Å². The molecule has 0 spiro atoms. The van der Waals surface area contributed by atoms with Gasteiger partial charge in [-0.05, 0) is 65.0 Å². The summed E-state index contributed by atoms with van der Waals surface area (Å²) in [7, 11) is 0. The summed E-state index contributed by atoms with van der Waals surface area (Å²) >= 11 is 0. The van der Waals surface area contributed by atoms with Crippen LogP contribution in [0.15, 0.2) is 0 Å². The molecular formula is C10H29N4P. The van der Waals surface area contributed by atoms with Gasteiger partial charge in [0.2, 0.25) is 0 Å². The van der Waals surface area contributed by atoms with Crippen LogP contribution in [0, 0.1) is 0 Å². The van der Waals surface area contributed by atoms with Gasteiger partial charge in [-0.2, -0.15) is 9.90 Å². The molecule has 0 aromatic rings. The molecule has 0 bridgehead atoms. The normalized spacial score (nSPS) is 10.0. The molecule has 0 saturated heterocycles. The van der Waals surface area contributed by atoms with Crippen LogP contribution in [0.3, 0.4) is 0 Å². The van der Waals surface area contributed by atoms with Gasteiger partial charge < -0.3 is 22.1 Å². The lowest BCUT2D eigenvalue weighted by Crippen LogP contribution is -2.22. The number of nitrogens with two attached hydrogens (primary N) is 2. The van der Waals surface area contributed by atoms with E-state index in [1.165, 1.54) is 12.8 Å². The van der Waals surface area contributed by atoms with Crippen LogP contribution in [0.4, 0.5) is 0 Å². The maximum atomic E-state index is 5.38. The molecular weight excluding hydrogens is 207 g/mol. The maximum absolute atomic E-state index is 5.38. The van der Waals surface area contributed by atoms with Crippen LogP contribution >= 0.6 is 9.90 Å². The summed E-state index contributed by atoms with van der Waals surface area (Å²) in [6.07, 6.45) is 4.63. The molecule has 0 aliphatic carbocycles. The SMILES string of the molecule is NCCCNCCCCNCCCN.P. The molecule has 0 fully saturated rings. The Balaban J connectivity index is 0. The lowest BCUT2D eigenvalue weighted by Gasteiger charge is -2.04. The van der Waals surface area contributed by atoms with Crippen molar-refractivity contribution in [3.05, 3.63) is 0 Å². The summed E-state index contributed by atoms with van der Waals surface area (Å²) in [6.45, 7) is 5.90. The van der Waals surface area contributed by atoms with Gasteiger partial charge in [-0.15, -0.1) is 0 Å². The van der Waals surface area contributed by atoms with Gasteiger partial charge in [-0.25, -0.2) is 0 Å². The van der Waals surface area contributed by atoms with E-state index in [0.717, 1.165) is 52.1 Å². The third-order valence-electron chi connectivity index (χ3n) is 2.07. The first-order valence-electron chi connectivity index (χ1n) is 5.73. The van der Waals surface area contributed by atoms with Crippen LogP contribution in [0.2, 0.25) is 0 Å². The number of unbranched alkanes of at least 4 members (excludes halogenated alkanes) is 1. The van der Waals surface area contributed by atoms with Gasteiger partial charge >= 0.3 is 0 Å². The minimum absolute atomic E-state index is 0. The third kappa shape index (κ3) is 16.9. The summed E-state index contributed by atoms with van der Waals surface area (Å²) in [5.74, 6) is 0. The standard InChI is InChI=1S/C10H26N4.H3P/c11-5-3-9-13-7-1-2-8-14-10-4-6-12;/h13-14H,1-12H2;1H3.